The molecule has 0 saturated carbocycles. The molecule has 10 heavy (non-hydrogen) atoms. The summed E-state index contributed by atoms with van der Waals surface area (Å²) in [7, 11) is 0. The maximum atomic E-state index is 8.21. The Morgan fingerprint density at radius 3 is 2.70 bits per heavy atom. The van der Waals surface area contributed by atoms with Gasteiger partial charge in [-0.2, -0.15) is 4.79 Å². The summed E-state index contributed by atoms with van der Waals surface area (Å²) in [5.41, 5.74) is 10.3. The van der Waals surface area contributed by atoms with Gasteiger partial charge in [0.1, 0.15) is 0 Å². The summed E-state index contributed by atoms with van der Waals surface area (Å²) in [6.45, 7) is 1.97. The van der Waals surface area contributed by atoms with E-state index >= 15 is 0 Å². The van der Waals surface area contributed by atoms with Gasteiger partial charge in [0.15, 0.2) is 0 Å². The molecule has 1 aromatic rings. The maximum Gasteiger partial charge on any atom is 0.288 e. The van der Waals surface area contributed by atoms with Gasteiger partial charge in [-0.1, -0.05) is 18.2 Å². The Morgan fingerprint density at radius 1 is 1.40 bits per heavy atom. The van der Waals surface area contributed by atoms with Gasteiger partial charge in [0.05, 0.1) is 5.56 Å². The van der Waals surface area contributed by atoms with Crippen molar-refractivity contribution < 1.29 is 4.79 Å². The SMILES string of the molecule is Cc1ccccc1C=[N+]=[N-]. The average Bonchev–Trinajstić information content (AvgIpc) is 1.94. The Morgan fingerprint density at radius 2 is 2.10 bits per heavy atom. The van der Waals surface area contributed by atoms with E-state index < -0.39 is 0 Å². The van der Waals surface area contributed by atoms with Crippen LogP contribution in [-0.2, 0) is 0 Å². The fraction of sp³-hybridized carbons (Fsp3) is 0.125. The molecule has 0 radical (unpaired) electrons. The Balaban J connectivity index is 3.14. The zero-order valence-corrected chi connectivity index (χ0v) is 5.78. The van der Waals surface area contributed by atoms with Gasteiger partial charge in [-0.05, 0) is 18.6 Å². The van der Waals surface area contributed by atoms with Gasteiger partial charge in [0.2, 0.25) is 0 Å². The van der Waals surface area contributed by atoms with Crippen molar-refractivity contribution in [3.8, 4) is 0 Å². The van der Waals surface area contributed by atoms with E-state index in [1.807, 2.05) is 31.2 Å². The van der Waals surface area contributed by atoms with Crippen LogP contribution >= 0.6 is 0 Å². The highest BCUT2D eigenvalue weighted by molar-refractivity contribution is 5.77. The molecule has 2 nitrogen and oxygen atoms in total. The molecule has 1 rings (SSSR count). The predicted molar refractivity (Wildman–Crippen MR) is 40.0 cm³/mol. The second-order valence-corrected chi connectivity index (χ2v) is 2.10. The first-order valence-electron chi connectivity index (χ1n) is 3.07. The zero-order chi connectivity index (χ0) is 7.40. The molecule has 0 N–H and O–H groups in total. The molecular weight excluding hydrogens is 124 g/mol. The van der Waals surface area contributed by atoms with Gasteiger partial charge in [0.25, 0.3) is 6.21 Å². The summed E-state index contributed by atoms with van der Waals surface area (Å²) in [5, 5.41) is 0. The van der Waals surface area contributed by atoms with Gasteiger partial charge in [-0.15, -0.1) is 0 Å². The van der Waals surface area contributed by atoms with Crippen molar-refractivity contribution in [2.75, 3.05) is 0 Å². The third-order valence-electron chi connectivity index (χ3n) is 1.39. The Labute approximate surface area is 59.7 Å². The molecule has 0 aromatic heterocycles. The molecule has 0 aliphatic heterocycles. The smallest absolute Gasteiger partial charge is 0.288 e. The number of nitrogens with zero attached hydrogens (tertiary/aromatic N) is 2. The number of hydrogen-bond acceptors (Lipinski definition) is 0. The Hall–Kier alpha value is -1.40. The molecule has 50 valence electrons. The highest BCUT2D eigenvalue weighted by Gasteiger charge is 1.93. The lowest BCUT2D eigenvalue weighted by molar-refractivity contribution is 0.00453. The number of aryl methyl sites for hydroxylation is 1. The normalized spacial score (nSPS) is 8.50. The lowest BCUT2D eigenvalue weighted by Crippen LogP contribution is -1.84. The third kappa shape index (κ3) is 1.30. The molecular formula is C8H8N2. The van der Waals surface area contributed by atoms with Crippen LogP contribution in [0.1, 0.15) is 11.1 Å². The van der Waals surface area contributed by atoms with Crippen molar-refractivity contribution in [2.45, 2.75) is 6.92 Å². The van der Waals surface area contributed by atoms with E-state index in [2.05, 4.69) is 4.79 Å². The van der Waals surface area contributed by atoms with Crippen molar-refractivity contribution in [1.82, 2.24) is 0 Å². The highest BCUT2D eigenvalue weighted by Crippen LogP contribution is 2.01. The molecule has 0 aliphatic carbocycles. The molecule has 2 heteroatoms. The molecule has 0 unspecified atom stereocenters. The molecule has 0 amide bonds. The number of hydrogen-bond donors (Lipinski definition) is 0. The van der Waals surface area contributed by atoms with Crippen LogP contribution in [0.25, 0.3) is 5.53 Å². The van der Waals surface area contributed by atoms with Gasteiger partial charge in [-0.3, -0.25) is 0 Å². The summed E-state index contributed by atoms with van der Waals surface area (Å²) in [5.74, 6) is 0. The summed E-state index contributed by atoms with van der Waals surface area (Å²) in [4.78, 5) is 2.94. The summed E-state index contributed by atoms with van der Waals surface area (Å²) in [6.07, 6.45) is 1.43. The zero-order valence-electron chi connectivity index (χ0n) is 5.78. The molecule has 0 atom stereocenters. The standard InChI is InChI=1S/C8H8N2/c1-7-4-2-3-5-8(7)6-10-9/h2-6H,1H3. The van der Waals surface area contributed by atoms with E-state index in [4.69, 9.17) is 5.53 Å². The van der Waals surface area contributed by atoms with Gasteiger partial charge in [0, 0.05) is 0 Å². The topological polar surface area (TPSA) is 36.4 Å². The number of benzene rings is 1. The summed E-state index contributed by atoms with van der Waals surface area (Å²) >= 11 is 0. The van der Waals surface area contributed by atoms with Crippen molar-refractivity contribution in [2.24, 2.45) is 0 Å². The lowest BCUT2D eigenvalue weighted by Gasteiger charge is -1.90. The maximum absolute atomic E-state index is 8.21. The molecule has 0 fully saturated rings. The van der Waals surface area contributed by atoms with Crippen LogP contribution in [0.15, 0.2) is 24.3 Å². The second-order valence-electron chi connectivity index (χ2n) is 2.10. The van der Waals surface area contributed by atoms with Crippen LogP contribution < -0.4 is 0 Å². The van der Waals surface area contributed by atoms with Crippen LogP contribution in [0.2, 0.25) is 0 Å². The van der Waals surface area contributed by atoms with Crippen molar-refractivity contribution in [1.29, 1.82) is 0 Å². The van der Waals surface area contributed by atoms with E-state index in [0.29, 0.717) is 0 Å². The van der Waals surface area contributed by atoms with Crippen molar-refractivity contribution >= 4 is 6.21 Å². The van der Waals surface area contributed by atoms with Crippen LogP contribution in [-0.4, -0.2) is 11.0 Å². The average molecular weight is 132 g/mol. The quantitative estimate of drug-likeness (QED) is 0.316. The van der Waals surface area contributed by atoms with Crippen LogP contribution in [0.5, 0.6) is 0 Å². The predicted octanol–water partition coefficient (Wildman–Crippen LogP) is 1.64. The third-order valence-corrected chi connectivity index (χ3v) is 1.39. The van der Waals surface area contributed by atoms with Gasteiger partial charge >= 0.3 is 0 Å². The minimum Gasteiger partial charge on any atom is -0.361 e. The first-order chi connectivity index (χ1) is 4.84. The Kier molecular flexibility index (Phi) is 1.98. The summed E-state index contributed by atoms with van der Waals surface area (Å²) < 4.78 is 0. The van der Waals surface area contributed by atoms with Crippen LogP contribution in [0.3, 0.4) is 0 Å². The van der Waals surface area contributed by atoms with Gasteiger partial charge in [-0.25, -0.2) is 0 Å². The highest BCUT2D eigenvalue weighted by atomic mass is 14.8. The van der Waals surface area contributed by atoms with E-state index in [9.17, 15) is 0 Å². The van der Waals surface area contributed by atoms with E-state index in [0.717, 1.165) is 11.1 Å². The van der Waals surface area contributed by atoms with Crippen LogP contribution in [0.4, 0.5) is 0 Å². The fourth-order valence-electron chi connectivity index (χ4n) is 0.794. The largest absolute Gasteiger partial charge is 0.361 e. The first kappa shape index (κ1) is 6.72. The molecule has 1 aromatic carbocycles. The fourth-order valence-corrected chi connectivity index (χ4v) is 0.794. The molecule has 0 aliphatic rings. The molecule has 0 spiro atoms. The Bertz CT molecular complexity index is 272. The monoisotopic (exact) mass is 132 g/mol. The van der Waals surface area contributed by atoms with Gasteiger partial charge < -0.3 is 5.53 Å². The lowest BCUT2D eigenvalue weighted by atomic mass is 10.1. The van der Waals surface area contributed by atoms with Crippen molar-refractivity contribution in [3.05, 3.63) is 40.9 Å². The second kappa shape index (κ2) is 2.95. The molecule has 0 bridgehead atoms. The minimum absolute atomic E-state index is 0.949. The van der Waals surface area contributed by atoms with Crippen LogP contribution in [0, 0.1) is 6.92 Å². The summed E-state index contributed by atoms with van der Waals surface area (Å²) in [6, 6.07) is 7.72. The minimum atomic E-state index is 0.949. The van der Waals surface area contributed by atoms with E-state index in [1.165, 1.54) is 6.21 Å². The van der Waals surface area contributed by atoms with Crippen molar-refractivity contribution in [3.63, 3.8) is 0 Å². The number of rotatable bonds is 1. The molecule has 0 heterocycles. The molecule has 0 saturated heterocycles. The van der Waals surface area contributed by atoms with E-state index in [-0.39, 0.29) is 0 Å². The first-order valence-corrected chi connectivity index (χ1v) is 3.07. The van der Waals surface area contributed by atoms with E-state index in [1.54, 1.807) is 0 Å².